The molecule has 1 aromatic heterocycles. The molecule has 4 nitrogen and oxygen atoms in total. The van der Waals surface area contributed by atoms with E-state index in [2.05, 4.69) is 9.97 Å². The second-order valence-corrected chi connectivity index (χ2v) is 5.10. The van der Waals surface area contributed by atoms with Gasteiger partial charge in [-0.3, -0.25) is 0 Å². The fourth-order valence-electron chi connectivity index (χ4n) is 2.27. The summed E-state index contributed by atoms with van der Waals surface area (Å²) in [5.74, 6) is 0.775. The number of aromatic amines is 1. The van der Waals surface area contributed by atoms with Gasteiger partial charge >= 0.3 is 6.18 Å². The molecule has 0 saturated carbocycles. The van der Waals surface area contributed by atoms with Gasteiger partial charge in [0, 0.05) is 17.3 Å². The number of phenolic OH excluding ortho intramolecular Hbond substituents is 1. The quantitative estimate of drug-likeness (QED) is 0.743. The molecule has 0 saturated heterocycles. The molecule has 0 amide bonds. The maximum absolute atomic E-state index is 12.6. The number of rotatable bonds is 3. The highest BCUT2D eigenvalue weighted by molar-refractivity contribution is 5.67. The van der Waals surface area contributed by atoms with E-state index in [1.54, 1.807) is 18.3 Å². The Hall–Kier alpha value is -2.96. The molecule has 0 bridgehead atoms. The summed E-state index contributed by atoms with van der Waals surface area (Å²) >= 11 is 0. The molecule has 0 spiro atoms. The van der Waals surface area contributed by atoms with Crippen LogP contribution in [0.4, 0.5) is 13.2 Å². The summed E-state index contributed by atoms with van der Waals surface area (Å²) in [7, 11) is 1.44. The monoisotopic (exact) mass is 334 g/mol. The van der Waals surface area contributed by atoms with E-state index in [9.17, 15) is 18.3 Å². The van der Waals surface area contributed by atoms with Crippen LogP contribution in [0.5, 0.6) is 11.5 Å². The number of phenols is 1. The van der Waals surface area contributed by atoms with Crippen molar-refractivity contribution in [2.24, 2.45) is 0 Å². The van der Waals surface area contributed by atoms with Crippen molar-refractivity contribution < 1.29 is 23.0 Å². The SMILES string of the molecule is COc1cc(-c2c[nH]c(-c3ccc(C(F)(F)F)cc3)n2)ccc1O. The molecule has 0 aliphatic rings. The van der Waals surface area contributed by atoms with Gasteiger partial charge in [-0.2, -0.15) is 13.2 Å². The number of hydrogen-bond acceptors (Lipinski definition) is 3. The molecule has 0 fully saturated rings. The van der Waals surface area contributed by atoms with E-state index in [1.807, 2.05) is 0 Å². The van der Waals surface area contributed by atoms with Crippen LogP contribution in [-0.2, 0) is 6.18 Å². The summed E-state index contributed by atoms with van der Waals surface area (Å²) in [5.41, 5.74) is 1.13. The van der Waals surface area contributed by atoms with Crippen molar-refractivity contribution >= 4 is 0 Å². The van der Waals surface area contributed by atoms with E-state index in [4.69, 9.17) is 4.74 Å². The molecular formula is C17H13F3N2O2. The largest absolute Gasteiger partial charge is 0.504 e. The molecular weight excluding hydrogens is 321 g/mol. The second kappa shape index (κ2) is 5.92. The van der Waals surface area contributed by atoms with Crippen LogP contribution in [0.3, 0.4) is 0 Å². The molecule has 0 aliphatic heterocycles. The van der Waals surface area contributed by atoms with Crippen LogP contribution in [-0.4, -0.2) is 22.2 Å². The third-order valence-electron chi connectivity index (χ3n) is 3.54. The van der Waals surface area contributed by atoms with Crippen LogP contribution in [0.2, 0.25) is 0 Å². The Morgan fingerprint density at radius 2 is 1.71 bits per heavy atom. The highest BCUT2D eigenvalue weighted by atomic mass is 19.4. The number of nitrogens with one attached hydrogen (secondary N) is 1. The number of halogens is 3. The van der Waals surface area contributed by atoms with Crippen molar-refractivity contribution in [2.45, 2.75) is 6.18 Å². The first-order valence-corrected chi connectivity index (χ1v) is 6.99. The van der Waals surface area contributed by atoms with Gasteiger partial charge in [-0.15, -0.1) is 0 Å². The standard InChI is InChI=1S/C17H13F3N2O2/c1-24-15-8-11(4-7-14(15)23)13-9-21-16(22-13)10-2-5-12(6-3-10)17(18,19)20/h2-9,23H,1H3,(H,21,22). The number of aromatic hydroxyl groups is 1. The fraction of sp³-hybridized carbons (Fsp3) is 0.118. The minimum Gasteiger partial charge on any atom is -0.504 e. The van der Waals surface area contributed by atoms with Gasteiger partial charge in [-0.1, -0.05) is 12.1 Å². The summed E-state index contributed by atoms with van der Waals surface area (Å²) < 4.78 is 42.8. The molecule has 3 aromatic rings. The van der Waals surface area contributed by atoms with Crippen molar-refractivity contribution in [3.8, 4) is 34.1 Å². The summed E-state index contributed by atoms with van der Waals surface area (Å²) in [4.78, 5) is 7.31. The van der Waals surface area contributed by atoms with E-state index in [0.29, 0.717) is 28.4 Å². The van der Waals surface area contributed by atoms with Crippen LogP contribution < -0.4 is 4.74 Å². The minimum absolute atomic E-state index is 0.0137. The molecule has 2 aromatic carbocycles. The molecule has 7 heteroatoms. The summed E-state index contributed by atoms with van der Waals surface area (Å²) in [5, 5.41) is 9.61. The van der Waals surface area contributed by atoms with Gasteiger partial charge in [-0.05, 0) is 30.3 Å². The smallest absolute Gasteiger partial charge is 0.416 e. The van der Waals surface area contributed by atoms with Gasteiger partial charge in [0.15, 0.2) is 11.5 Å². The fourth-order valence-corrected chi connectivity index (χ4v) is 2.27. The Kier molecular flexibility index (Phi) is 3.92. The van der Waals surface area contributed by atoms with E-state index >= 15 is 0 Å². The first-order chi connectivity index (χ1) is 11.4. The average molecular weight is 334 g/mol. The number of ether oxygens (including phenoxy) is 1. The van der Waals surface area contributed by atoms with Crippen molar-refractivity contribution in [1.29, 1.82) is 0 Å². The van der Waals surface area contributed by atoms with Gasteiger partial charge in [-0.25, -0.2) is 4.98 Å². The van der Waals surface area contributed by atoms with Crippen molar-refractivity contribution in [1.82, 2.24) is 9.97 Å². The van der Waals surface area contributed by atoms with E-state index in [-0.39, 0.29) is 5.75 Å². The van der Waals surface area contributed by atoms with Crippen LogP contribution >= 0.6 is 0 Å². The van der Waals surface area contributed by atoms with Crippen LogP contribution in [0.15, 0.2) is 48.7 Å². The number of methoxy groups -OCH3 is 1. The van der Waals surface area contributed by atoms with Gasteiger partial charge < -0.3 is 14.8 Å². The van der Waals surface area contributed by atoms with Gasteiger partial charge in [0.05, 0.1) is 18.4 Å². The molecule has 0 atom stereocenters. The van der Waals surface area contributed by atoms with Gasteiger partial charge in [0.25, 0.3) is 0 Å². The number of H-pyrrole nitrogens is 1. The minimum atomic E-state index is -4.37. The molecule has 0 unspecified atom stereocenters. The Morgan fingerprint density at radius 1 is 1.04 bits per heavy atom. The molecule has 2 N–H and O–H groups in total. The van der Waals surface area contributed by atoms with Gasteiger partial charge in [0.1, 0.15) is 5.82 Å². The van der Waals surface area contributed by atoms with E-state index in [1.165, 1.54) is 25.3 Å². The van der Waals surface area contributed by atoms with E-state index in [0.717, 1.165) is 12.1 Å². The predicted molar refractivity (Wildman–Crippen MR) is 82.7 cm³/mol. The van der Waals surface area contributed by atoms with Crippen LogP contribution in [0.25, 0.3) is 22.6 Å². The molecule has 0 radical (unpaired) electrons. The zero-order valence-corrected chi connectivity index (χ0v) is 12.6. The van der Waals surface area contributed by atoms with Crippen molar-refractivity contribution in [3.63, 3.8) is 0 Å². The number of alkyl halides is 3. The Bertz CT molecular complexity index is 855. The Labute approximate surface area is 135 Å². The molecule has 1 heterocycles. The lowest BCUT2D eigenvalue weighted by atomic mass is 10.1. The van der Waals surface area contributed by atoms with Gasteiger partial charge in [0.2, 0.25) is 0 Å². The lowest BCUT2D eigenvalue weighted by molar-refractivity contribution is -0.137. The van der Waals surface area contributed by atoms with E-state index < -0.39 is 11.7 Å². The van der Waals surface area contributed by atoms with Crippen molar-refractivity contribution in [3.05, 3.63) is 54.2 Å². The Morgan fingerprint density at radius 3 is 2.33 bits per heavy atom. The maximum atomic E-state index is 12.6. The summed E-state index contributed by atoms with van der Waals surface area (Å²) in [6.45, 7) is 0. The third kappa shape index (κ3) is 3.05. The van der Waals surface area contributed by atoms with Crippen LogP contribution in [0.1, 0.15) is 5.56 Å². The second-order valence-electron chi connectivity index (χ2n) is 5.10. The third-order valence-corrected chi connectivity index (χ3v) is 3.54. The number of benzene rings is 2. The highest BCUT2D eigenvalue weighted by Gasteiger charge is 2.30. The lowest BCUT2D eigenvalue weighted by Crippen LogP contribution is -2.04. The summed E-state index contributed by atoms with van der Waals surface area (Å²) in [6.07, 6.45) is -2.73. The first-order valence-electron chi connectivity index (χ1n) is 6.99. The normalized spacial score (nSPS) is 11.5. The lowest BCUT2D eigenvalue weighted by Gasteiger charge is -2.06. The average Bonchev–Trinajstić information content (AvgIpc) is 3.04. The molecule has 0 aliphatic carbocycles. The first kappa shape index (κ1) is 15.9. The topological polar surface area (TPSA) is 58.1 Å². The Balaban J connectivity index is 1.91. The molecule has 3 rings (SSSR count). The number of imidazole rings is 1. The molecule has 124 valence electrons. The number of aromatic nitrogens is 2. The maximum Gasteiger partial charge on any atom is 0.416 e. The van der Waals surface area contributed by atoms with Crippen molar-refractivity contribution in [2.75, 3.05) is 7.11 Å². The zero-order valence-electron chi connectivity index (χ0n) is 12.6. The summed E-state index contributed by atoms with van der Waals surface area (Å²) in [6, 6.07) is 9.54. The number of nitrogens with zero attached hydrogens (tertiary/aromatic N) is 1. The predicted octanol–water partition coefficient (Wildman–Crippen LogP) is 4.48. The molecule has 24 heavy (non-hydrogen) atoms. The highest BCUT2D eigenvalue weighted by Crippen LogP contribution is 2.33. The zero-order chi connectivity index (χ0) is 17.3. The number of hydrogen-bond donors (Lipinski definition) is 2. The van der Waals surface area contributed by atoms with Crippen LogP contribution in [0, 0.1) is 0 Å².